The van der Waals surface area contributed by atoms with E-state index in [0.29, 0.717) is 19.4 Å². The largest absolute Gasteiger partial charge is 0.466 e. The standard InChI is InChI=1S/C16H32O4/c1-5-9-10-16(19,7-3)12-13(6-2)14(17)11-15(18)20-8-4/h13-14,17,19H,5-12H2,1-4H3. The number of hydrogen-bond acceptors (Lipinski definition) is 4. The van der Waals surface area contributed by atoms with E-state index >= 15 is 0 Å². The van der Waals surface area contributed by atoms with Gasteiger partial charge in [-0.15, -0.1) is 0 Å². The molecule has 0 radical (unpaired) electrons. The molecule has 0 aliphatic carbocycles. The number of aliphatic hydroxyl groups is 2. The van der Waals surface area contributed by atoms with E-state index in [0.717, 1.165) is 25.7 Å². The van der Waals surface area contributed by atoms with Crippen LogP contribution in [0.2, 0.25) is 0 Å². The first-order chi connectivity index (χ1) is 9.42. The quantitative estimate of drug-likeness (QED) is 0.573. The minimum atomic E-state index is -0.737. The Morgan fingerprint density at radius 3 is 2.35 bits per heavy atom. The maximum atomic E-state index is 11.4. The number of carbonyl (C=O) groups is 1. The first-order valence-corrected chi connectivity index (χ1v) is 7.98. The van der Waals surface area contributed by atoms with E-state index in [9.17, 15) is 15.0 Å². The average molecular weight is 288 g/mol. The van der Waals surface area contributed by atoms with E-state index in [4.69, 9.17) is 4.74 Å². The van der Waals surface area contributed by atoms with E-state index in [1.54, 1.807) is 6.92 Å². The maximum Gasteiger partial charge on any atom is 0.308 e. The molecule has 0 aromatic carbocycles. The highest BCUT2D eigenvalue weighted by Gasteiger charge is 2.31. The van der Waals surface area contributed by atoms with Crippen molar-refractivity contribution in [2.45, 2.75) is 84.3 Å². The van der Waals surface area contributed by atoms with Crippen LogP contribution in [0.3, 0.4) is 0 Å². The second kappa shape index (κ2) is 10.2. The Morgan fingerprint density at radius 1 is 1.25 bits per heavy atom. The minimum Gasteiger partial charge on any atom is -0.466 e. The van der Waals surface area contributed by atoms with Gasteiger partial charge in [-0.2, -0.15) is 0 Å². The normalized spacial score (nSPS) is 17.3. The number of carbonyl (C=O) groups excluding carboxylic acids is 1. The zero-order valence-corrected chi connectivity index (χ0v) is 13.5. The fraction of sp³-hybridized carbons (Fsp3) is 0.938. The number of ether oxygens (including phenoxy) is 1. The smallest absolute Gasteiger partial charge is 0.308 e. The molecule has 4 nitrogen and oxygen atoms in total. The van der Waals surface area contributed by atoms with Gasteiger partial charge < -0.3 is 14.9 Å². The van der Waals surface area contributed by atoms with E-state index in [1.807, 2.05) is 13.8 Å². The van der Waals surface area contributed by atoms with E-state index in [2.05, 4.69) is 6.92 Å². The summed E-state index contributed by atoms with van der Waals surface area (Å²) in [5.74, 6) is -0.437. The zero-order valence-electron chi connectivity index (χ0n) is 13.5. The van der Waals surface area contributed by atoms with E-state index in [1.165, 1.54) is 0 Å². The van der Waals surface area contributed by atoms with Crippen LogP contribution in [-0.4, -0.2) is 34.5 Å². The van der Waals surface area contributed by atoms with Gasteiger partial charge in [0.05, 0.1) is 24.7 Å². The topological polar surface area (TPSA) is 66.8 Å². The maximum absolute atomic E-state index is 11.4. The van der Waals surface area contributed by atoms with Gasteiger partial charge in [0, 0.05) is 0 Å². The Balaban J connectivity index is 4.52. The third kappa shape index (κ3) is 7.25. The number of hydrogen-bond donors (Lipinski definition) is 2. The molecule has 0 saturated heterocycles. The number of aliphatic hydroxyl groups excluding tert-OH is 1. The summed E-state index contributed by atoms with van der Waals surface area (Å²) < 4.78 is 4.87. The van der Waals surface area contributed by atoms with Crippen LogP contribution >= 0.6 is 0 Å². The summed E-state index contributed by atoms with van der Waals surface area (Å²) in [4.78, 5) is 11.4. The lowest BCUT2D eigenvalue weighted by molar-refractivity contribution is -0.146. The monoisotopic (exact) mass is 288 g/mol. The molecule has 120 valence electrons. The Bertz CT molecular complexity index is 267. The van der Waals surface area contributed by atoms with Crippen molar-refractivity contribution < 1.29 is 19.7 Å². The van der Waals surface area contributed by atoms with Crippen LogP contribution in [0.15, 0.2) is 0 Å². The molecule has 0 rings (SSSR count). The van der Waals surface area contributed by atoms with Crippen LogP contribution < -0.4 is 0 Å². The van der Waals surface area contributed by atoms with Gasteiger partial charge in [-0.3, -0.25) is 4.79 Å². The summed E-state index contributed by atoms with van der Waals surface area (Å²) in [5.41, 5.74) is -0.730. The Labute approximate surface area is 123 Å². The van der Waals surface area contributed by atoms with Crippen LogP contribution in [0.25, 0.3) is 0 Å². The lowest BCUT2D eigenvalue weighted by Gasteiger charge is -2.33. The minimum absolute atomic E-state index is 0.0138. The summed E-state index contributed by atoms with van der Waals surface area (Å²) in [6, 6.07) is 0. The molecule has 4 heteroatoms. The van der Waals surface area contributed by atoms with Gasteiger partial charge in [-0.25, -0.2) is 0 Å². The lowest BCUT2D eigenvalue weighted by Crippen LogP contribution is -2.35. The van der Waals surface area contributed by atoms with Crippen molar-refractivity contribution in [1.82, 2.24) is 0 Å². The van der Waals surface area contributed by atoms with Crippen molar-refractivity contribution in [3.05, 3.63) is 0 Å². The highest BCUT2D eigenvalue weighted by atomic mass is 16.5. The third-order valence-electron chi connectivity index (χ3n) is 4.05. The summed E-state index contributed by atoms with van der Waals surface area (Å²) in [5, 5.41) is 20.8. The molecule has 0 aliphatic heterocycles. The predicted molar refractivity (Wildman–Crippen MR) is 80.4 cm³/mol. The van der Waals surface area contributed by atoms with Crippen LogP contribution in [0.5, 0.6) is 0 Å². The van der Waals surface area contributed by atoms with Crippen LogP contribution in [0, 0.1) is 5.92 Å². The molecule has 0 fully saturated rings. The Kier molecular flexibility index (Phi) is 9.86. The highest BCUT2D eigenvalue weighted by Crippen LogP contribution is 2.30. The second-order valence-electron chi connectivity index (χ2n) is 5.63. The fourth-order valence-corrected chi connectivity index (χ4v) is 2.53. The average Bonchev–Trinajstić information content (AvgIpc) is 2.42. The molecule has 3 unspecified atom stereocenters. The molecule has 0 amide bonds. The molecular weight excluding hydrogens is 256 g/mol. The van der Waals surface area contributed by atoms with Gasteiger partial charge in [0.15, 0.2) is 0 Å². The van der Waals surface area contributed by atoms with Gasteiger partial charge in [0.1, 0.15) is 0 Å². The SMILES string of the molecule is CCCCC(O)(CC)CC(CC)C(O)CC(=O)OCC. The number of rotatable bonds is 11. The van der Waals surface area contributed by atoms with E-state index in [-0.39, 0.29) is 18.3 Å². The second-order valence-corrected chi connectivity index (χ2v) is 5.63. The lowest BCUT2D eigenvalue weighted by atomic mass is 9.80. The van der Waals surface area contributed by atoms with Crippen LogP contribution in [-0.2, 0) is 9.53 Å². The van der Waals surface area contributed by atoms with Gasteiger partial charge >= 0.3 is 5.97 Å². The summed E-state index contributed by atoms with van der Waals surface area (Å²) in [6.07, 6.45) is 4.02. The molecule has 0 heterocycles. The molecule has 0 aliphatic rings. The van der Waals surface area contributed by atoms with Crippen LogP contribution in [0.1, 0.15) is 72.6 Å². The molecule has 0 spiro atoms. The summed E-state index contributed by atoms with van der Waals surface area (Å²) >= 11 is 0. The van der Waals surface area contributed by atoms with Gasteiger partial charge in [0.2, 0.25) is 0 Å². The highest BCUT2D eigenvalue weighted by molar-refractivity contribution is 5.69. The van der Waals surface area contributed by atoms with Crippen molar-refractivity contribution in [1.29, 1.82) is 0 Å². The molecule has 0 aromatic rings. The van der Waals surface area contributed by atoms with Crippen molar-refractivity contribution in [2.75, 3.05) is 6.61 Å². The third-order valence-corrected chi connectivity index (χ3v) is 4.05. The van der Waals surface area contributed by atoms with Crippen molar-refractivity contribution in [2.24, 2.45) is 5.92 Å². The van der Waals surface area contributed by atoms with E-state index < -0.39 is 11.7 Å². The Morgan fingerprint density at radius 2 is 1.90 bits per heavy atom. The van der Waals surface area contributed by atoms with Crippen molar-refractivity contribution in [3.8, 4) is 0 Å². The number of unbranched alkanes of at least 4 members (excludes halogenated alkanes) is 1. The molecule has 0 aromatic heterocycles. The summed E-state index contributed by atoms with van der Waals surface area (Å²) in [7, 11) is 0. The molecule has 20 heavy (non-hydrogen) atoms. The van der Waals surface area contributed by atoms with Crippen molar-refractivity contribution in [3.63, 3.8) is 0 Å². The molecular formula is C16H32O4. The molecule has 2 N–H and O–H groups in total. The van der Waals surface area contributed by atoms with Crippen LogP contribution in [0.4, 0.5) is 0 Å². The first-order valence-electron chi connectivity index (χ1n) is 7.98. The molecule has 3 atom stereocenters. The Hall–Kier alpha value is -0.610. The van der Waals surface area contributed by atoms with Gasteiger partial charge in [-0.05, 0) is 32.1 Å². The zero-order chi connectivity index (χ0) is 15.6. The fourth-order valence-electron chi connectivity index (χ4n) is 2.53. The molecule has 0 bridgehead atoms. The summed E-state index contributed by atoms with van der Waals surface area (Å²) in [6.45, 7) is 8.14. The molecule has 0 saturated carbocycles. The van der Waals surface area contributed by atoms with Gasteiger partial charge in [0.25, 0.3) is 0 Å². The van der Waals surface area contributed by atoms with Crippen molar-refractivity contribution >= 4 is 5.97 Å². The predicted octanol–water partition coefficient (Wildman–Crippen LogP) is 3.05. The number of esters is 1. The first kappa shape index (κ1) is 19.4. The van der Waals surface area contributed by atoms with Gasteiger partial charge in [-0.1, -0.05) is 40.0 Å².